The molecule has 0 aromatic carbocycles. The molecule has 1 saturated carbocycles. The van der Waals surface area contributed by atoms with E-state index >= 15 is 0 Å². The zero-order valence-electron chi connectivity index (χ0n) is 12.6. The monoisotopic (exact) mass is 284 g/mol. The highest BCUT2D eigenvalue weighted by atomic mass is 15.1. The van der Waals surface area contributed by atoms with Crippen LogP contribution in [0.5, 0.6) is 0 Å². The van der Waals surface area contributed by atoms with Crippen molar-refractivity contribution in [3.8, 4) is 0 Å². The van der Waals surface area contributed by atoms with Gasteiger partial charge >= 0.3 is 0 Å². The summed E-state index contributed by atoms with van der Waals surface area (Å²) in [7, 11) is 1.89. The molecule has 1 aliphatic rings. The summed E-state index contributed by atoms with van der Waals surface area (Å²) in [5.74, 6) is 3.22. The first-order chi connectivity index (χ1) is 10.2. The second-order valence-corrected chi connectivity index (χ2v) is 5.43. The number of rotatable bonds is 5. The van der Waals surface area contributed by atoms with Crippen molar-refractivity contribution in [2.24, 2.45) is 0 Å². The lowest BCUT2D eigenvalue weighted by molar-refractivity contribution is 0.905. The molecule has 2 N–H and O–H groups in total. The van der Waals surface area contributed by atoms with Crippen LogP contribution in [0.1, 0.15) is 41.5 Å². The molecule has 2 heterocycles. The molecule has 0 atom stereocenters. The fraction of sp³-hybridized carbons (Fsp3) is 0.467. The maximum atomic E-state index is 4.67. The molecule has 1 fully saturated rings. The van der Waals surface area contributed by atoms with Crippen molar-refractivity contribution in [3.05, 3.63) is 35.2 Å². The molecule has 0 radical (unpaired) electrons. The summed E-state index contributed by atoms with van der Waals surface area (Å²) in [6.07, 6.45) is 5.95. The van der Waals surface area contributed by atoms with Gasteiger partial charge in [-0.05, 0) is 26.7 Å². The molecule has 1 aliphatic carbocycles. The number of nitrogens with one attached hydrogen (secondary N) is 2. The van der Waals surface area contributed by atoms with E-state index < -0.39 is 0 Å². The maximum absolute atomic E-state index is 4.67. The Hall–Kier alpha value is -2.24. The fourth-order valence-corrected chi connectivity index (χ4v) is 2.16. The highest BCUT2D eigenvalue weighted by molar-refractivity contribution is 5.57. The first-order valence-electron chi connectivity index (χ1n) is 7.25. The molecule has 0 spiro atoms. The van der Waals surface area contributed by atoms with Crippen molar-refractivity contribution in [1.82, 2.24) is 19.9 Å². The predicted octanol–water partition coefficient (Wildman–Crippen LogP) is 2.41. The van der Waals surface area contributed by atoms with Gasteiger partial charge in [-0.15, -0.1) is 0 Å². The molecule has 0 saturated heterocycles. The number of hydrogen-bond acceptors (Lipinski definition) is 6. The Labute approximate surface area is 124 Å². The molecule has 2 aromatic rings. The van der Waals surface area contributed by atoms with Gasteiger partial charge in [0.2, 0.25) is 0 Å². The Morgan fingerprint density at radius 1 is 1.10 bits per heavy atom. The Morgan fingerprint density at radius 2 is 1.86 bits per heavy atom. The summed E-state index contributed by atoms with van der Waals surface area (Å²) in [5.41, 5.74) is 2.85. The van der Waals surface area contributed by atoms with E-state index in [1.807, 2.05) is 20.9 Å². The third kappa shape index (κ3) is 3.09. The zero-order chi connectivity index (χ0) is 14.8. The van der Waals surface area contributed by atoms with Crippen LogP contribution in [0.2, 0.25) is 0 Å². The van der Waals surface area contributed by atoms with E-state index in [1.165, 1.54) is 12.8 Å². The zero-order valence-corrected chi connectivity index (χ0v) is 12.6. The Morgan fingerprint density at radius 3 is 2.48 bits per heavy atom. The average molecular weight is 284 g/mol. The van der Waals surface area contributed by atoms with Gasteiger partial charge < -0.3 is 10.6 Å². The van der Waals surface area contributed by atoms with Crippen LogP contribution in [0, 0.1) is 13.8 Å². The molecule has 0 aliphatic heterocycles. The molecule has 6 heteroatoms. The van der Waals surface area contributed by atoms with Crippen LogP contribution in [-0.2, 0) is 6.54 Å². The molecular formula is C15H20N6. The lowest BCUT2D eigenvalue weighted by Crippen LogP contribution is -2.10. The smallest absolute Gasteiger partial charge is 0.136 e. The number of hydrogen-bond donors (Lipinski definition) is 2. The van der Waals surface area contributed by atoms with Crippen molar-refractivity contribution in [3.63, 3.8) is 0 Å². The summed E-state index contributed by atoms with van der Waals surface area (Å²) < 4.78 is 0. The van der Waals surface area contributed by atoms with E-state index in [1.54, 1.807) is 12.4 Å². The molecule has 2 aromatic heterocycles. The lowest BCUT2D eigenvalue weighted by Gasteiger charge is -2.13. The molecule has 0 unspecified atom stereocenters. The van der Waals surface area contributed by atoms with E-state index in [0.29, 0.717) is 12.5 Å². The van der Waals surface area contributed by atoms with E-state index in [4.69, 9.17) is 0 Å². The van der Waals surface area contributed by atoms with Crippen molar-refractivity contribution in [2.75, 3.05) is 17.7 Å². The first-order valence-corrected chi connectivity index (χ1v) is 7.25. The van der Waals surface area contributed by atoms with Crippen LogP contribution in [-0.4, -0.2) is 27.0 Å². The van der Waals surface area contributed by atoms with Crippen molar-refractivity contribution in [2.45, 2.75) is 39.2 Å². The van der Waals surface area contributed by atoms with Crippen LogP contribution < -0.4 is 10.6 Å². The van der Waals surface area contributed by atoms with Crippen LogP contribution in [0.25, 0.3) is 0 Å². The van der Waals surface area contributed by atoms with Gasteiger partial charge in [-0.2, -0.15) is 0 Å². The van der Waals surface area contributed by atoms with Crippen molar-refractivity contribution >= 4 is 11.6 Å². The Balaban J connectivity index is 1.80. The highest BCUT2D eigenvalue weighted by Gasteiger charge is 2.28. The average Bonchev–Trinajstić information content (AvgIpc) is 3.32. The molecule has 0 bridgehead atoms. The third-order valence-electron chi connectivity index (χ3n) is 3.61. The predicted molar refractivity (Wildman–Crippen MR) is 82.4 cm³/mol. The summed E-state index contributed by atoms with van der Waals surface area (Å²) in [4.78, 5) is 17.9. The molecule has 0 amide bonds. The Bertz CT molecular complexity index is 633. The van der Waals surface area contributed by atoms with Crippen LogP contribution in [0.4, 0.5) is 11.6 Å². The van der Waals surface area contributed by atoms with Crippen LogP contribution >= 0.6 is 0 Å². The first kappa shape index (κ1) is 13.7. The van der Waals surface area contributed by atoms with Crippen molar-refractivity contribution < 1.29 is 0 Å². The quantitative estimate of drug-likeness (QED) is 0.878. The molecule has 3 rings (SSSR count). The van der Waals surface area contributed by atoms with Crippen LogP contribution in [0.15, 0.2) is 12.4 Å². The van der Waals surface area contributed by atoms with Gasteiger partial charge in [-0.3, -0.25) is 9.97 Å². The van der Waals surface area contributed by atoms with Gasteiger partial charge in [0.1, 0.15) is 17.5 Å². The van der Waals surface area contributed by atoms with E-state index in [-0.39, 0.29) is 0 Å². The minimum Gasteiger partial charge on any atom is -0.373 e. The standard InChI is InChI=1S/C15H20N6/c1-9-6-18-12(7-17-9)8-19-14-10(2)13(16-3)20-15(21-14)11-4-5-11/h6-7,11H,4-5,8H2,1-3H3,(H2,16,19,20,21). The Kier molecular flexibility index (Phi) is 3.68. The number of aromatic nitrogens is 4. The van der Waals surface area contributed by atoms with Gasteiger partial charge in [0.05, 0.1) is 24.1 Å². The summed E-state index contributed by atoms with van der Waals surface area (Å²) >= 11 is 0. The lowest BCUT2D eigenvalue weighted by atomic mass is 10.2. The number of aryl methyl sites for hydroxylation is 1. The maximum Gasteiger partial charge on any atom is 0.136 e. The second kappa shape index (κ2) is 5.63. The fourth-order valence-electron chi connectivity index (χ4n) is 2.16. The minimum absolute atomic E-state index is 0.525. The largest absolute Gasteiger partial charge is 0.373 e. The van der Waals surface area contributed by atoms with E-state index in [2.05, 4.69) is 30.6 Å². The van der Waals surface area contributed by atoms with Gasteiger partial charge in [0.15, 0.2) is 0 Å². The number of nitrogens with zero attached hydrogens (tertiary/aromatic N) is 4. The second-order valence-electron chi connectivity index (χ2n) is 5.43. The van der Waals surface area contributed by atoms with Gasteiger partial charge in [0.25, 0.3) is 0 Å². The third-order valence-corrected chi connectivity index (χ3v) is 3.61. The SMILES string of the molecule is CNc1nc(C2CC2)nc(NCc2cnc(C)cn2)c1C. The highest BCUT2D eigenvalue weighted by Crippen LogP contribution is 2.39. The molecule has 21 heavy (non-hydrogen) atoms. The summed E-state index contributed by atoms with van der Waals surface area (Å²) in [5, 5.41) is 6.50. The van der Waals surface area contributed by atoms with Crippen molar-refractivity contribution in [1.29, 1.82) is 0 Å². The minimum atomic E-state index is 0.525. The normalized spacial score (nSPS) is 14.0. The molecule has 6 nitrogen and oxygen atoms in total. The topological polar surface area (TPSA) is 75.6 Å². The van der Waals surface area contributed by atoms with E-state index in [0.717, 1.165) is 34.4 Å². The summed E-state index contributed by atoms with van der Waals surface area (Å²) in [6, 6.07) is 0. The summed E-state index contributed by atoms with van der Waals surface area (Å²) in [6.45, 7) is 4.56. The number of anilines is 2. The molecular weight excluding hydrogens is 264 g/mol. The van der Waals surface area contributed by atoms with Crippen LogP contribution in [0.3, 0.4) is 0 Å². The van der Waals surface area contributed by atoms with Gasteiger partial charge in [-0.1, -0.05) is 0 Å². The molecule has 110 valence electrons. The van der Waals surface area contributed by atoms with E-state index in [9.17, 15) is 0 Å². The van der Waals surface area contributed by atoms with Gasteiger partial charge in [0, 0.05) is 24.7 Å². The van der Waals surface area contributed by atoms with Gasteiger partial charge in [-0.25, -0.2) is 9.97 Å².